The SMILES string of the molecule is COc1ncc(Cl)c(N2CCCC(Cn3cncn3)C2)n1. The molecule has 0 saturated carbocycles. The number of nitrogens with zero attached hydrogens (tertiary/aromatic N) is 6. The minimum Gasteiger partial charge on any atom is -0.467 e. The quantitative estimate of drug-likeness (QED) is 0.855. The van der Waals surface area contributed by atoms with Gasteiger partial charge in [0, 0.05) is 19.6 Å². The van der Waals surface area contributed by atoms with Crippen LogP contribution in [-0.2, 0) is 6.54 Å². The van der Waals surface area contributed by atoms with Crippen LogP contribution in [0.1, 0.15) is 12.8 Å². The van der Waals surface area contributed by atoms with E-state index < -0.39 is 0 Å². The van der Waals surface area contributed by atoms with E-state index in [0.29, 0.717) is 17.0 Å². The number of aromatic nitrogens is 5. The molecule has 2 aromatic heterocycles. The Bertz CT molecular complexity index is 590. The van der Waals surface area contributed by atoms with Crippen molar-refractivity contribution in [1.82, 2.24) is 24.7 Å². The third-order valence-electron chi connectivity index (χ3n) is 3.62. The Labute approximate surface area is 127 Å². The highest BCUT2D eigenvalue weighted by atomic mass is 35.5. The van der Waals surface area contributed by atoms with Gasteiger partial charge in [-0.2, -0.15) is 10.1 Å². The maximum Gasteiger partial charge on any atom is 0.318 e. The van der Waals surface area contributed by atoms with Crippen molar-refractivity contribution in [3.8, 4) is 6.01 Å². The van der Waals surface area contributed by atoms with E-state index in [9.17, 15) is 0 Å². The van der Waals surface area contributed by atoms with Crippen LogP contribution in [0.2, 0.25) is 5.02 Å². The monoisotopic (exact) mass is 308 g/mol. The number of hydrogen-bond acceptors (Lipinski definition) is 6. The number of anilines is 1. The van der Waals surface area contributed by atoms with E-state index in [1.54, 1.807) is 26.0 Å². The second kappa shape index (κ2) is 6.26. The van der Waals surface area contributed by atoms with Crippen LogP contribution in [0.3, 0.4) is 0 Å². The third-order valence-corrected chi connectivity index (χ3v) is 3.88. The van der Waals surface area contributed by atoms with Crippen molar-refractivity contribution < 1.29 is 4.74 Å². The van der Waals surface area contributed by atoms with Crippen LogP contribution in [-0.4, -0.2) is 44.9 Å². The molecule has 3 rings (SSSR count). The summed E-state index contributed by atoms with van der Waals surface area (Å²) in [6, 6.07) is 0.341. The van der Waals surface area contributed by atoms with E-state index in [4.69, 9.17) is 16.3 Å². The average molecular weight is 309 g/mol. The molecule has 0 amide bonds. The molecule has 0 spiro atoms. The summed E-state index contributed by atoms with van der Waals surface area (Å²) >= 11 is 6.23. The molecule has 0 N–H and O–H groups in total. The Hall–Kier alpha value is -1.89. The Morgan fingerprint density at radius 2 is 2.38 bits per heavy atom. The number of rotatable bonds is 4. The molecule has 0 radical (unpaired) electrons. The van der Waals surface area contributed by atoms with Crippen molar-refractivity contribution in [3.63, 3.8) is 0 Å². The standard InChI is InChI=1S/C13H17ClN6O/c1-21-13-16-5-11(14)12(18-13)19-4-2-3-10(6-19)7-20-9-15-8-17-20/h5,8-10H,2-4,6-7H2,1H3. The minimum absolute atomic E-state index is 0.341. The minimum atomic E-state index is 0.341. The normalized spacial score (nSPS) is 18.8. The molecule has 1 atom stereocenters. The summed E-state index contributed by atoms with van der Waals surface area (Å²) < 4.78 is 6.95. The van der Waals surface area contributed by atoms with Gasteiger partial charge < -0.3 is 9.64 Å². The summed E-state index contributed by atoms with van der Waals surface area (Å²) in [5, 5.41) is 4.72. The molecule has 1 fully saturated rings. The summed E-state index contributed by atoms with van der Waals surface area (Å²) in [6.45, 7) is 2.68. The molecule has 0 aromatic carbocycles. The number of hydrogen-bond donors (Lipinski definition) is 0. The Balaban J connectivity index is 1.73. The highest BCUT2D eigenvalue weighted by Crippen LogP contribution is 2.29. The third kappa shape index (κ3) is 3.24. The largest absolute Gasteiger partial charge is 0.467 e. The van der Waals surface area contributed by atoms with Gasteiger partial charge in [0.05, 0.1) is 13.3 Å². The second-order valence-electron chi connectivity index (χ2n) is 5.10. The molecule has 2 aromatic rings. The van der Waals surface area contributed by atoms with Crippen molar-refractivity contribution in [2.45, 2.75) is 19.4 Å². The zero-order chi connectivity index (χ0) is 14.7. The first kappa shape index (κ1) is 14.1. The Morgan fingerprint density at radius 3 is 3.14 bits per heavy atom. The van der Waals surface area contributed by atoms with Crippen LogP contribution >= 0.6 is 11.6 Å². The van der Waals surface area contributed by atoms with Gasteiger partial charge in [-0.15, -0.1) is 0 Å². The molecule has 3 heterocycles. The van der Waals surface area contributed by atoms with Gasteiger partial charge >= 0.3 is 6.01 Å². The van der Waals surface area contributed by atoms with Gasteiger partial charge in [0.1, 0.15) is 17.7 Å². The summed E-state index contributed by atoms with van der Waals surface area (Å²) in [5.74, 6) is 1.24. The first-order chi connectivity index (χ1) is 10.3. The zero-order valence-corrected chi connectivity index (χ0v) is 12.6. The summed E-state index contributed by atoms with van der Waals surface area (Å²) in [7, 11) is 1.55. The van der Waals surface area contributed by atoms with Crippen LogP contribution in [0.5, 0.6) is 6.01 Å². The van der Waals surface area contributed by atoms with Crippen molar-refractivity contribution in [2.24, 2.45) is 5.92 Å². The highest BCUT2D eigenvalue weighted by molar-refractivity contribution is 6.32. The average Bonchev–Trinajstić information content (AvgIpc) is 3.01. The fourth-order valence-electron chi connectivity index (χ4n) is 2.66. The maximum absolute atomic E-state index is 6.23. The lowest BCUT2D eigenvalue weighted by Crippen LogP contribution is -2.38. The zero-order valence-electron chi connectivity index (χ0n) is 11.8. The van der Waals surface area contributed by atoms with Crippen LogP contribution in [0, 0.1) is 5.92 Å². The molecule has 112 valence electrons. The lowest BCUT2D eigenvalue weighted by Gasteiger charge is -2.33. The molecular weight excluding hydrogens is 292 g/mol. The van der Waals surface area contributed by atoms with E-state index in [1.807, 2.05) is 4.68 Å². The van der Waals surface area contributed by atoms with Crippen molar-refractivity contribution in [3.05, 3.63) is 23.9 Å². The van der Waals surface area contributed by atoms with Crippen LogP contribution < -0.4 is 9.64 Å². The fourth-order valence-corrected chi connectivity index (χ4v) is 2.87. The molecule has 0 aliphatic carbocycles. The Morgan fingerprint density at radius 1 is 1.48 bits per heavy atom. The van der Waals surface area contributed by atoms with Crippen LogP contribution in [0.15, 0.2) is 18.9 Å². The summed E-state index contributed by atoms with van der Waals surface area (Å²) in [5.41, 5.74) is 0. The predicted molar refractivity (Wildman–Crippen MR) is 78.6 cm³/mol. The molecule has 21 heavy (non-hydrogen) atoms. The van der Waals surface area contributed by atoms with Crippen LogP contribution in [0.25, 0.3) is 0 Å². The number of halogens is 1. The summed E-state index contributed by atoms with van der Waals surface area (Å²) in [4.78, 5) is 14.6. The topological polar surface area (TPSA) is 69.0 Å². The van der Waals surface area contributed by atoms with E-state index in [2.05, 4.69) is 25.0 Å². The van der Waals surface area contributed by atoms with Gasteiger partial charge in [-0.25, -0.2) is 9.97 Å². The molecule has 0 bridgehead atoms. The molecule has 7 nitrogen and oxygen atoms in total. The molecule has 1 aliphatic rings. The van der Waals surface area contributed by atoms with Gasteiger partial charge in [0.25, 0.3) is 0 Å². The molecule has 1 saturated heterocycles. The van der Waals surface area contributed by atoms with Gasteiger partial charge in [0.15, 0.2) is 5.82 Å². The number of ether oxygens (including phenoxy) is 1. The molecule has 1 aliphatic heterocycles. The number of piperidine rings is 1. The van der Waals surface area contributed by atoms with Crippen molar-refractivity contribution >= 4 is 17.4 Å². The second-order valence-corrected chi connectivity index (χ2v) is 5.51. The molecule has 8 heteroatoms. The van der Waals surface area contributed by atoms with Gasteiger partial charge in [-0.3, -0.25) is 4.68 Å². The van der Waals surface area contributed by atoms with Gasteiger partial charge in [0.2, 0.25) is 0 Å². The van der Waals surface area contributed by atoms with E-state index in [0.717, 1.165) is 38.3 Å². The Kier molecular flexibility index (Phi) is 4.19. The lowest BCUT2D eigenvalue weighted by atomic mass is 9.98. The molecular formula is C13H17ClN6O. The van der Waals surface area contributed by atoms with E-state index >= 15 is 0 Å². The maximum atomic E-state index is 6.23. The van der Waals surface area contributed by atoms with Crippen molar-refractivity contribution in [1.29, 1.82) is 0 Å². The van der Waals surface area contributed by atoms with Crippen molar-refractivity contribution in [2.75, 3.05) is 25.1 Å². The van der Waals surface area contributed by atoms with E-state index in [1.165, 1.54) is 0 Å². The fraction of sp³-hybridized carbons (Fsp3) is 0.538. The van der Waals surface area contributed by atoms with E-state index in [-0.39, 0.29) is 0 Å². The first-order valence-electron chi connectivity index (χ1n) is 6.90. The number of methoxy groups -OCH3 is 1. The van der Waals surface area contributed by atoms with Gasteiger partial charge in [-0.05, 0) is 18.8 Å². The molecule has 1 unspecified atom stereocenters. The van der Waals surface area contributed by atoms with Gasteiger partial charge in [-0.1, -0.05) is 11.6 Å². The lowest BCUT2D eigenvalue weighted by molar-refractivity contribution is 0.347. The summed E-state index contributed by atoms with van der Waals surface area (Å²) in [6.07, 6.45) is 7.16. The first-order valence-corrected chi connectivity index (χ1v) is 7.28. The smallest absolute Gasteiger partial charge is 0.318 e. The predicted octanol–water partition coefficient (Wildman–Crippen LogP) is 1.65. The highest BCUT2D eigenvalue weighted by Gasteiger charge is 2.23. The van der Waals surface area contributed by atoms with Crippen LogP contribution in [0.4, 0.5) is 5.82 Å².